The predicted octanol–water partition coefficient (Wildman–Crippen LogP) is 1.02. The Labute approximate surface area is 126 Å². The van der Waals surface area contributed by atoms with E-state index in [1.165, 1.54) is 12.3 Å². The molecule has 0 radical (unpaired) electrons. The number of ether oxygens (including phenoxy) is 1. The van der Waals surface area contributed by atoms with E-state index >= 15 is 0 Å². The van der Waals surface area contributed by atoms with Gasteiger partial charge < -0.3 is 10.5 Å². The number of hydrogen-bond donors (Lipinski definition) is 2. The molecule has 0 bridgehead atoms. The number of pyridine rings is 1. The lowest BCUT2D eigenvalue weighted by molar-refractivity contribution is -0.108. The molecule has 2 atom stereocenters. The van der Waals surface area contributed by atoms with Crippen LogP contribution in [0.3, 0.4) is 0 Å². The van der Waals surface area contributed by atoms with Crippen LogP contribution >= 0.6 is 0 Å². The Morgan fingerprint density at radius 3 is 2.67 bits per heavy atom. The largest absolute Gasteiger partial charge is 0.378 e. The zero-order valence-corrected chi connectivity index (χ0v) is 13.5. The Kier molecular flexibility index (Phi) is 4.67. The molecule has 1 heterocycles. The van der Waals surface area contributed by atoms with Gasteiger partial charge in [-0.2, -0.15) is 0 Å². The SMILES string of the molecule is CCOC1CC(NS(=O)(=O)c2ccc(CN)cn2)C1(C)C. The van der Waals surface area contributed by atoms with Gasteiger partial charge in [0.2, 0.25) is 0 Å². The Hall–Kier alpha value is -1.02. The number of sulfonamides is 1. The summed E-state index contributed by atoms with van der Waals surface area (Å²) in [4.78, 5) is 3.97. The molecular weight excluding hydrogens is 290 g/mol. The third-order valence-corrected chi connectivity index (χ3v) is 5.54. The second-order valence-electron chi connectivity index (χ2n) is 5.88. The summed E-state index contributed by atoms with van der Waals surface area (Å²) in [7, 11) is -3.61. The lowest BCUT2D eigenvalue weighted by Gasteiger charge is -2.51. The lowest BCUT2D eigenvalue weighted by Crippen LogP contribution is -2.62. The van der Waals surface area contributed by atoms with Crippen LogP contribution < -0.4 is 10.5 Å². The van der Waals surface area contributed by atoms with Gasteiger partial charge in [-0.15, -0.1) is 0 Å². The molecule has 1 aliphatic rings. The fraction of sp³-hybridized carbons (Fsp3) is 0.643. The van der Waals surface area contributed by atoms with Crippen molar-refractivity contribution in [2.24, 2.45) is 11.1 Å². The van der Waals surface area contributed by atoms with E-state index in [4.69, 9.17) is 10.5 Å². The maximum Gasteiger partial charge on any atom is 0.258 e. The highest BCUT2D eigenvalue weighted by atomic mass is 32.2. The van der Waals surface area contributed by atoms with Crippen molar-refractivity contribution < 1.29 is 13.2 Å². The number of nitrogens with one attached hydrogen (secondary N) is 1. The molecule has 0 aliphatic heterocycles. The molecule has 1 aromatic heterocycles. The zero-order valence-electron chi connectivity index (χ0n) is 12.7. The van der Waals surface area contributed by atoms with Crippen LogP contribution in [0, 0.1) is 5.41 Å². The summed E-state index contributed by atoms with van der Waals surface area (Å²) in [5.41, 5.74) is 6.06. The van der Waals surface area contributed by atoms with Gasteiger partial charge in [-0.05, 0) is 25.0 Å². The molecule has 7 heteroatoms. The van der Waals surface area contributed by atoms with E-state index in [2.05, 4.69) is 9.71 Å². The van der Waals surface area contributed by atoms with E-state index < -0.39 is 10.0 Å². The number of rotatable bonds is 6. The van der Waals surface area contributed by atoms with Crippen molar-refractivity contribution in [3.8, 4) is 0 Å². The van der Waals surface area contributed by atoms with E-state index in [1.54, 1.807) is 6.07 Å². The van der Waals surface area contributed by atoms with Crippen molar-refractivity contribution in [3.63, 3.8) is 0 Å². The second-order valence-corrected chi connectivity index (χ2v) is 7.54. The van der Waals surface area contributed by atoms with E-state index in [9.17, 15) is 8.42 Å². The van der Waals surface area contributed by atoms with Crippen molar-refractivity contribution in [1.82, 2.24) is 9.71 Å². The molecule has 6 nitrogen and oxygen atoms in total. The van der Waals surface area contributed by atoms with Crippen LogP contribution in [0.25, 0.3) is 0 Å². The lowest BCUT2D eigenvalue weighted by atomic mass is 9.65. The summed E-state index contributed by atoms with van der Waals surface area (Å²) in [6.07, 6.45) is 2.26. The van der Waals surface area contributed by atoms with Gasteiger partial charge in [0.15, 0.2) is 5.03 Å². The molecule has 21 heavy (non-hydrogen) atoms. The quantitative estimate of drug-likeness (QED) is 0.818. The van der Waals surface area contributed by atoms with Crippen molar-refractivity contribution in [2.75, 3.05) is 6.61 Å². The maximum atomic E-state index is 12.3. The van der Waals surface area contributed by atoms with E-state index in [0.717, 1.165) is 5.56 Å². The van der Waals surface area contributed by atoms with Crippen LogP contribution in [0.15, 0.2) is 23.4 Å². The molecule has 1 saturated carbocycles. The first-order valence-corrected chi connectivity index (χ1v) is 8.58. The Morgan fingerprint density at radius 2 is 2.19 bits per heavy atom. The summed E-state index contributed by atoms with van der Waals surface area (Å²) in [6, 6.07) is 3.02. The molecule has 2 unspecified atom stereocenters. The Bertz CT molecular complexity index is 584. The summed E-state index contributed by atoms with van der Waals surface area (Å²) in [5, 5.41) is 0.0235. The minimum atomic E-state index is -3.61. The van der Waals surface area contributed by atoms with Gasteiger partial charge >= 0.3 is 0 Å². The normalized spacial score (nSPS) is 24.6. The smallest absolute Gasteiger partial charge is 0.258 e. The molecule has 0 aromatic carbocycles. The molecule has 118 valence electrons. The Balaban J connectivity index is 2.08. The molecule has 3 N–H and O–H groups in total. The van der Waals surface area contributed by atoms with Gasteiger partial charge in [0, 0.05) is 30.8 Å². The summed E-state index contributed by atoms with van der Waals surface area (Å²) >= 11 is 0. The first-order chi connectivity index (χ1) is 9.81. The standard InChI is InChI=1S/C14H23N3O3S/c1-4-20-12-7-11(14(12,2)3)17-21(18,19)13-6-5-10(8-15)9-16-13/h5-6,9,11-12,17H,4,7-8,15H2,1-3H3. The summed E-state index contributed by atoms with van der Waals surface area (Å²) in [6.45, 7) is 6.93. The van der Waals surface area contributed by atoms with Gasteiger partial charge in [0.05, 0.1) is 6.10 Å². The van der Waals surface area contributed by atoms with Crippen LogP contribution in [-0.2, 0) is 21.3 Å². The molecule has 0 amide bonds. The van der Waals surface area contributed by atoms with Crippen LogP contribution in [0.1, 0.15) is 32.8 Å². The van der Waals surface area contributed by atoms with Gasteiger partial charge in [0.25, 0.3) is 10.0 Å². The van der Waals surface area contributed by atoms with Crippen molar-refractivity contribution >= 4 is 10.0 Å². The molecular formula is C14H23N3O3S. The highest BCUT2D eigenvalue weighted by molar-refractivity contribution is 7.89. The number of nitrogens with zero attached hydrogens (tertiary/aromatic N) is 1. The van der Waals surface area contributed by atoms with Gasteiger partial charge in [-0.25, -0.2) is 18.1 Å². The molecule has 2 rings (SSSR count). The molecule has 0 spiro atoms. The van der Waals surface area contributed by atoms with Crippen molar-refractivity contribution in [1.29, 1.82) is 0 Å². The average molecular weight is 313 g/mol. The maximum absolute atomic E-state index is 12.3. The minimum absolute atomic E-state index is 0.0235. The predicted molar refractivity (Wildman–Crippen MR) is 80.0 cm³/mol. The second kappa shape index (κ2) is 6.00. The molecule has 1 fully saturated rings. The van der Waals surface area contributed by atoms with E-state index in [-0.39, 0.29) is 22.6 Å². The van der Waals surface area contributed by atoms with Crippen LogP contribution in [0.5, 0.6) is 0 Å². The Morgan fingerprint density at radius 1 is 1.48 bits per heavy atom. The van der Waals surface area contributed by atoms with Crippen LogP contribution in [-0.4, -0.2) is 32.2 Å². The van der Waals surface area contributed by atoms with E-state index in [1.807, 2.05) is 20.8 Å². The highest BCUT2D eigenvalue weighted by Gasteiger charge is 2.50. The van der Waals surface area contributed by atoms with Crippen LogP contribution in [0.4, 0.5) is 0 Å². The van der Waals surface area contributed by atoms with E-state index in [0.29, 0.717) is 19.6 Å². The van der Waals surface area contributed by atoms with Crippen molar-refractivity contribution in [3.05, 3.63) is 23.9 Å². The number of nitrogens with two attached hydrogens (primary N) is 1. The van der Waals surface area contributed by atoms with Gasteiger partial charge in [-0.3, -0.25) is 0 Å². The average Bonchev–Trinajstić information content (AvgIpc) is 2.46. The van der Waals surface area contributed by atoms with Gasteiger partial charge in [-0.1, -0.05) is 19.9 Å². The highest BCUT2D eigenvalue weighted by Crippen LogP contribution is 2.43. The summed E-state index contributed by atoms with van der Waals surface area (Å²) in [5.74, 6) is 0. The molecule has 0 saturated heterocycles. The topological polar surface area (TPSA) is 94.3 Å². The third kappa shape index (κ3) is 3.26. The molecule has 1 aliphatic carbocycles. The minimum Gasteiger partial charge on any atom is -0.378 e. The fourth-order valence-electron chi connectivity index (χ4n) is 2.51. The first-order valence-electron chi connectivity index (χ1n) is 7.10. The van der Waals surface area contributed by atoms with Crippen molar-refractivity contribution in [2.45, 2.75) is 50.9 Å². The molecule has 1 aromatic rings. The number of hydrogen-bond acceptors (Lipinski definition) is 5. The third-order valence-electron chi connectivity index (χ3n) is 4.15. The fourth-order valence-corrected chi connectivity index (χ4v) is 3.84. The van der Waals surface area contributed by atoms with Crippen LogP contribution in [0.2, 0.25) is 0 Å². The number of aromatic nitrogens is 1. The van der Waals surface area contributed by atoms with Gasteiger partial charge in [0.1, 0.15) is 0 Å². The monoisotopic (exact) mass is 313 g/mol. The zero-order chi connectivity index (χ0) is 15.7. The summed E-state index contributed by atoms with van der Waals surface area (Å²) < 4.78 is 33.0. The first kappa shape index (κ1) is 16.4.